The minimum absolute atomic E-state index is 0.808. The van der Waals surface area contributed by atoms with Gasteiger partial charge < -0.3 is 10.1 Å². The number of imidazole rings is 1. The monoisotopic (exact) mass is 292 g/mol. The molecule has 0 atom stereocenters. The van der Waals surface area contributed by atoms with Crippen LogP contribution in [0.3, 0.4) is 0 Å². The fourth-order valence-electron chi connectivity index (χ4n) is 2.43. The number of aryl methyl sites for hydroxylation is 2. The molecule has 0 aliphatic rings. The molecule has 1 heterocycles. The molecule has 2 aromatic carbocycles. The number of aromatic amines is 1. The predicted molar refractivity (Wildman–Crippen MR) is 86.6 cm³/mol. The number of aromatic nitrogens is 2. The number of carboxylic acids is 1. The highest BCUT2D eigenvalue weighted by molar-refractivity contribution is 5.91. The zero-order chi connectivity index (χ0) is 15.4. The van der Waals surface area contributed by atoms with E-state index in [1.54, 1.807) is 6.08 Å². The molecule has 0 fully saturated rings. The van der Waals surface area contributed by atoms with Gasteiger partial charge in [-0.3, -0.25) is 0 Å². The zero-order valence-electron chi connectivity index (χ0n) is 12.0. The number of nitrogens with zero attached hydrogens (tertiary/aromatic N) is 1. The van der Waals surface area contributed by atoms with Crippen LogP contribution in [0.1, 0.15) is 17.0 Å². The number of benzene rings is 2. The number of hydrogen-bond acceptors (Lipinski definition) is 2. The minimum Gasteiger partial charge on any atom is -0.478 e. The van der Waals surface area contributed by atoms with Crippen LogP contribution in [0, 0.1) is 0 Å². The molecule has 2 N–H and O–H groups in total. The lowest BCUT2D eigenvalue weighted by atomic mass is 10.1. The molecule has 110 valence electrons. The van der Waals surface area contributed by atoms with Crippen molar-refractivity contribution in [2.24, 2.45) is 0 Å². The highest BCUT2D eigenvalue weighted by Crippen LogP contribution is 2.18. The van der Waals surface area contributed by atoms with Crippen LogP contribution in [0.15, 0.2) is 54.6 Å². The van der Waals surface area contributed by atoms with E-state index in [0.717, 1.165) is 41.3 Å². The lowest BCUT2D eigenvalue weighted by Gasteiger charge is -1.97. The number of aliphatic carboxylic acids is 1. The smallest absolute Gasteiger partial charge is 0.328 e. The predicted octanol–water partition coefficient (Wildman–Crippen LogP) is 3.45. The summed E-state index contributed by atoms with van der Waals surface area (Å²) < 4.78 is 0. The van der Waals surface area contributed by atoms with E-state index < -0.39 is 5.97 Å². The zero-order valence-corrected chi connectivity index (χ0v) is 12.0. The highest BCUT2D eigenvalue weighted by atomic mass is 16.4. The van der Waals surface area contributed by atoms with Crippen molar-refractivity contribution in [3.63, 3.8) is 0 Å². The molecule has 1 aromatic heterocycles. The number of nitrogens with one attached hydrogen (secondary N) is 1. The lowest BCUT2D eigenvalue weighted by molar-refractivity contribution is -0.131. The van der Waals surface area contributed by atoms with Gasteiger partial charge in [0.15, 0.2) is 0 Å². The minimum atomic E-state index is -0.961. The number of carboxylic acid groups (broad SMARTS) is 1. The third-order valence-electron chi connectivity index (χ3n) is 3.49. The van der Waals surface area contributed by atoms with Gasteiger partial charge in [0.1, 0.15) is 5.82 Å². The van der Waals surface area contributed by atoms with E-state index in [-0.39, 0.29) is 0 Å². The Bertz CT molecular complexity index is 819. The first-order chi connectivity index (χ1) is 10.7. The third kappa shape index (κ3) is 3.23. The number of rotatable bonds is 5. The summed E-state index contributed by atoms with van der Waals surface area (Å²) in [5, 5.41) is 8.75. The molecule has 0 unspecified atom stereocenters. The van der Waals surface area contributed by atoms with Crippen molar-refractivity contribution in [2.45, 2.75) is 12.8 Å². The Morgan fingerprint density at radius 3 is 2.68 bits per heavy atom. The van der Waals surface area contributed by atoms with Gasteiger partial charge in [0.2, 0.25) is 0 Å². The molecular formula is C18H16N2O2. The third-order valence-corrected chi connectivity index (χ3v) is 3.49. The Labute approximate surface area is 128 Å². The van der Waals surface area contributed by atoms with Crippen molar-refractivity contribution < 1.29 is 9.90 Å². The summed E-state index contributed by atoms with van der Waals surface area (Å²) in [4.78, 5) is 18.6. The summed E-state index contributed by atoms with van der Waals surface area (Å²) in [6.45, 7) is 0. The van der Waals surface area contributed by atoms with Gasteiger partial charge in [0.05, 0.1) is 11.0 Å². The van der Waals surface area contributed by atoms with Crippen LogP contribution in [-0.4, -0.2) is 21.0 Å². The summed E-state index contributed by atoms with van der Waals surface area (Å²) >= 11 is 0. The van der Waals surface area contributed by atoms with Crippen molar-refractivity contribution >= 4 is 23.1 Å². The van der Waals surface area contributed by atoms with Gasteiger partial charge in [-0.25, -0.2) is 9.78 Å². The van der Waals surface area contributed by atoms with Crippen LogP contribution in [0.4, 0.5) is 0 Å². The van der Waals surface area contributed by atoms with Crippen LogP contribution >= 0.6 is 0 Å². The van der Waals surface area contributed by atoms with Gasteiger partial charge in [-0.15, -0.1) is 0 Å². The average molecular weight is 292 g/mol. The second-order valence-electron chi connectivity index (χ2n) is 5.08. The lowest BCUT2D eigenvalue weighted by Crippen LogP contribution is -1.92. The molecule has 0 bridgehead atoms. The topological polar surface area (TPSA) is 66.0 Å². The van der Waals surface area contributed by atoms with E-state index in [0.29, 0.717) is 0 Å². The van der Waals surface area contributed by atoms with Crippen molar-refractivity contribution in [3.8, 4) is 0 Å². The molecule has 3 rings (SSSR count). The van der Waals surface area contributed by atoms with Gasteiger partial charge in [-0.2, -0.15) is 0 Å². The Kier molecular flexibility index (Phi) is 4.01. The molecule has 0 radical (unpaired) electrons. The largest absolute Gasteiger partial charge is 0.478 e. The van der Waals surface area contributed by atoms with Crippen molar-refractivity contribution in [1.29, 1.82) is 0 Å². The first kappa shape index (κ1) is 14.1. The van der Waals surface area contributed by atoms with Gasteiger partial charge >= 0.3 is 5.97 Å². The first-order valence-corrected chi connectivity index (χ1v) is 7.15. The van der Waals surface area contributed by atoms with Gasteiger partial charge in [-0.05, 0) is 24.1 Å². The fraction of sp³-hybridized carbons (Fsp3) is 0.111. The van der Waals surface area contributed by atoms with Crippen LogP contribution < -0.4 is 0 Å². The fourth-order valence-corrected chi connectivity index (χ4v) is 2.43. The molecule has 0 aliphatic carbocycles. The summed E-state index contributed by atoms with van der Waals surface area (Å²) in [6, 6.07) is 16.0. The second kappa shape index (κ2) is 6.26. The highest BCUT2D eigenvalue weighted by Gasteiger charge is 2.06. The molecule has 0 saturated carbocycles. The summed E-state index contributed by atoms with van der Waals surface area (Å²) in [7, 11) is 0. The normalized spacial score (nSPS) is 11.3. The molecule has 22 heavy (non-hydrogen) atoms. The van der Waals surface area contributed by atoms with Crippen LogP contribution in [0.2, 0.25) is 0 Å². The quantitative estimate of drug-likeness (QED) is 0.708. The van der Waals surface area contributed by atoms with E-state index in [1.807, 2.05) is 36.4 Å². The van der Waals surface area contributed by atoms with Gasteiger partial charge in [0.25, 0.3) is 0 Å². The summed E-state index contributed by atoms with van der Waals surface area (Å²) in [5.41, 5.74) is 3.81. The van der Waals surface area contributed by atoms with Crippen LogP contribution in [-0.2, 0) is 17.6 Å². The Morgan fingerprint density at radius 1 is 1.09 bits per heavy atom. The van der Waals surface area contributed by atoms with E-state index >= 15 is 0 Å². The molecule has 4 nitrogen and oxygen atoms in total. The van der Waals surface area contributed by atoms with Gasteiger partial charge in [0, 0.05) is 18.1 Å². The van der Waals surface area contributed by atoms with E-state index in [9.17, 15) is 4.79 Å². The van der Waals surface area contributed by atoms with Crippen molar-refractivity contribution in [1.82, 2.24) is 9.97 Å². The second-order valence-corrected chi connectivity index (χ2v) is 5.08. The maximum absolute atomic E-state index is 10.7. The number of para-hydroxylation sites is 1. The Balaban J connectivity index is 1.83. The van der Waals surface area contributed by atoms with Crippen LogP contribution in [0.25, 0.3) is 17.1 Å². The van der Waals surface area contributed by atoms with E-state index in [2.05, 4.69) is 22.1 Å². The first-order valence-electron chi connectivity index (χ1n) is 7.15. The molecule has 4 heteroatoms. The van der Waals surface area contributed by atoms with Crippen molar-refractivity contribution in [2.75, 3.05) is 0 Å². The maximum Gasteiger partial charge on any atom is 0.328 e. The molecule has 0 spiro atoms. The maximum atomic E-state index is 10.7. The molecule has 0 amide bonds. The van der Waals surface area contributed by atoms with Crippen molar-refractivity contribution in [3.05, 3.63) is 71.6 Å². The summed E-state index contributed by atoms with van der Waals surface area (Å²) in [5.74, 6) is -0.0492. The van der Waals surface area contributed by atoms with E-state index in [1.165, 1.54) is 5.56 Å². The number of H-pyrrole nitrogens is 1. The molecule has 3 aromatic rings. The number of fused-ring (bicyclic) bond motifs is 1. The summed E-state index contributed by atoms with van der Waals surface area (Å²) in [6.07, 6.45) is 4.45. The average Bonchev–Trinajstić information content (AvgIpc) is 2.95. The Morgan fingerprint density at radius 2 is 1.91 bits per heavy atom. The van der Waals surface area contributed by atoms with E-state index in [4.69, 9.17) is 5.11 Å². The molecule has 0 saturated heterocycles. The molecule has 0 aliphatic heterocycles. The Hall–Kier alpha value is -2.88. The molecular weight excluding hydrogens is 276 g/mol. The van der Waals surface area contributed by atoms with Gasteiger partial charge in [-0.1, -0.05) is 42.5 Å². The van der Waals surface area contributed by atoms with Crippen LogP contribution in [0.5, 0.6) is 0 Å². The standard InChI is InChI=1S/C18H16N2O2/c21-17(22)12-10-14-7-4-8-15-18(14)20-16(19-15)11-9-13-5-2-1-3-6-13/h1-8,10,12H,9,11H2,(H,19,20)(H,21,22)/b12-10+. The SMILES string of the molecule is O=C(O)/C=C/c1cccc2[nH]c(CCc3ccccc3)nc12. The number of hydrogen-bond donors (Lipinski definition) is 2. The number of carbonyl (C=O) groups is 1.